The molecule has 0 radical (unpaired) electrons. The van der Waals surface area contributed by atoms with Crippen LogP contribution in [0.1, 0.15) is 66.3 Å². The third-order valence-electron chi connectivity index (χ3n) is 6.41. The van der Waals surface area contributed by atoms with Crippen molar-refractivity contribution in [3.63, 3.8) is 0 Å². The number of aromatic nitrogens is 1. The number of imide groups is 1. The number of esters is 1. The number of hydrogen-bond donors (Lipinski definition) is 0. The molecule has 1 saturated carbocycles. The van der Waals surface area contributed by atoms with E-state index in [4.69, 9.17) is 4.74 Å². The molecule has 1 aliphatic carbocycles. The van der Waals surface area contributed by atoms with E-state index < -0.39 is 0 Å². The number of thioether (sulfide) groups is 1. The molecule has 0 N–H and O–H groups in total. The molecular formula is C26H30N2O4S. The fourth-order valence-corrected chi connectivity index (χ4v) is 5.58. The molecule has 2 fully saturated rings. The second-order valence-corrected chi connectivity index (χ2v) is 9.72. The first kappa shape index (κ1) is 23.4. The Labute approximate surface area is 199 Å². The number of benzene rings is 1. The smallest absolute Gasteiger partial charge is 0.338 e. The zero-order valence-corrected chi connectivity index (χ0v) is 20.2. The Bertz CT molecular complexity index is 1110. The van der Waals surface area contributed by atoms with Gasteiger partial charge in [0.15, 0.2) is 0 Å². The molecule has 2 heterocycles. The molecule has 1 aromatic carbocycles. The summed E-state index contributed by atoms with van der Waals surface area (Å²) in [6.45, 7) is 6.59. The number of aryl methyl sites for hydroxylation is 1. The molecule has 174 valence electrons. The van der Waals surface area contributed by atoms with Crippen molar-refractivity contribution in [2.24, 2.45) is 5.92 Å². The highest BCUT2D eigenvalue weighted by molar-refractivity contribution is 8.18. The predicted molar refractivity (Wildman–Crippen MR) is 130 cm³/mol. The predicted octanol–water partition coefficient (Wildman–Crippen LogP) is 5.89. The minimum absolute atomic E-state index is 0.173. The van der Waals surface area contributed by atoms with Crippen molar-refractivity contribution in [3.05, 3.63) is 57.8 Å². The average molecular weight is 467 g/mol. The maximum absolute atomic E-state index is 13.0. The van der Waals surface area contributed by atoms with E-state index in [9.17, 15) is 14.4 Å². The molecule has 33 heavy (non-hydrogen) atoms. The van der Waals surface area contributed by atoms with E-state index in [1.807, 2.05) is 42.7 Å². The fourth-order valence-electron chi connectivity index (χ4n) is 4.74. The Morgan fingerprint density at radius 1 is 1.15 bits per heavy atom. The van der Waals surface area contributed by atoms with Crippen molar-refractivity contribution in [1.29, 1.82) is 0 Å². The molecule has 0 unspecified atom stereocenters. The fraction of sp³-hybridized carbons (Fsp3) is 0.423. The lowest BCUT2D eigenvalue weighted by molar-refractivity contribution is -0.123. The van der Waals surface area contributed by atoms with Gasteiger partial charge in [-0.3, -0.25) is 14.5 Å². The van der Waals surface area contributed by atoms with Crippen LogP contribution in [0.25, 0.3) is 11.8 Å². The highest BCUT2D eigenvalue weighted by atomic mass is 32.2. The second kappa shape index (κ2) is 10.00. The SMILES string of the molecule is CCOC(=O)c1cccc(-n2c(C)cc(/C=C3/SC(=O)N(CC4CCCCC4)C3=O)c2C)c1. The Hall–Kier alpha value is -2.80. The lowest BCUT2D eigenvalue weighted by Crippen LogP contribution is -2.34. The normalized spacial score (nSPS) is 18.4. The molecule has 4 rings (SSSR count). The van der Waals surface area contributed by atoms with Gasteiger partial charge in [0.1, 0.15) is 0 Å². The third-order valence-corrected chi connectivity index (χ3v) is 7.32. The van der Waals surface area contributed by atoms with Gasteiger partial charge in [0.25, 0.3) is 11.1 Å². The first-order chi connectivity index (χ1) is 15.9. The van der Waals surface area contributed by atoms with E-state index in [-0.39, 0.29) is 17.1 Å². The van der Waals surface area contributed by atoms with E-state index >= 15 is 0 Å². The van der Waals surface area contributed by atoms with Crippen LogP contribution in [-0.2, 0) is 9.53 Å². The van der Waals surface area contributed by atoms with Crippen molar-refractivity contribution in [3.8, 4) is 5.69 Å². The lowest BCUT2D eigenvalue weighted by atomic mass is 9.89. The number of rotatable bonds is 6. The van der Waals surface area contributed by atoms with E-state index in [0.29, 0.717) is 29.5 Å². The van der Waals surface area contributed by atoms with Crippen LogP contribution in [-0.4, -0.2) is 39.7 Å². The highest BCUT2D eigenvalue weighted by Crippen LogP contribution is 2.36. The summed E-state index contributed by atoms with van der Waals surface area (Å²) in [7, 11) is 0. The van der Waals surface area contributed by atoms with Crippen LogP contribution in [0, 0.1) is 19.8 Å². The van der Waals surface area contributed by atoms with Gasteiger partial charge in [-0.05, 0) is 87.2 Å². The summed E-state index contributed by atoms with van der Waals surface area (Å²) < 4.78 is 7.17. The Kier molecular flexibility index (Phi) is 7.08. The lowest BCUT2D eigenvalue weighted by Gasteiger charge is -2.25. The summed E-state index contributed by atoms with van der Waals surface area (Å²) in [5.41, 5.74) is 4.14. The summed E-state index contributed by atoms with van der Waals surface area (Å²) in [4.78, 5) is 39.6. The van der Waals surface area contributed by atoms with Crippen LogP contribution in [0.3, 0.4) is 0 Å². The maximum Gasteiger partial charge on any atom is 0.338 e. The van der Waals surface area contributed by atoms with Gasteiger partial charge in [-0.25, -0.2) is 4.79 Å². The van der Waals surface area contributed by atoms with E-state index in [1.165, 1.54) is 24.2 Å². The van der Waals surface area contributed by atoms with Crippen LogP contribution in [0.2, 0.25) is 0 Å². The Morgan fingerprint density at radius 3 is 2.64 bits per heavy atom. The van der Waals surface area contributed by atoms with Gasteiger partial charge in [0, 0.05) is 23.6 Å². The summed E-state index contributed by atoms with van der Waals surface area (Å²) >= 11 is 1.02. The number of carbonyl (C=O) groups is 3. The van der Waals surface area contributed by atoms with Crippen molar-refractivity contribution in [2.45, 2.75) is 52.9 Å². The molecule has 7 heteroatoms. The summed E-state index contributed by atoms with van der Waals surface area (Å²) in [6, 6.07) is 9.31. The number of nitrogens with zero attached hydrogens (tertiary/aromatic N) is 2. The molecule has 1 aliphatic heterocycles. The van der Waals surface area contributed by atoms with Gasteiger partial charge in [0.05, 0.1) is 17.1 Å². The summed E-state index contributed by atoms with van der Waals surface area (Å²) in [5, 5.41) is -0.173. The Morgan fingerprint density at radius 2 is 1.91 bits per heavy atom. The van der Waals surface area contributed by atoms with Gasteiger partial charge in [-0.15, -0.1) is 0 Å². The van der Waals surface area contributed by atoms with Gasteiger partial charge in [-0.1, -0.05) is 25.3 Å². The maximum atomic E-state index is 13.0. The first-order valence-corrected chi connectivity index (χ1v) is 12.4. The van der Waals surface area contributed by atoms with Crippen molar-refractivity contribution in [1.82, 2.24) is 9.47 Å². The molecule has 0 spiro atoms. The van der Waals surface area contributed by atoms with E-state index in [1.54, 1.807) is 19.1 Å². The minimum Gasteiger partial charge on any atom is -0.462 e. The number of carbonyl (C=O) groups excluding carboxylic acids is 3. The molecule has 2 aromatic rings. The van der Waals surface area contributed by atoms with Crippen LogP contribution in [0.5, 0.6) is 0 Å². The Balaban J connectivity index is 1.58. The van der Waals surface area contributed by atoms with Gasteiger partial charge < -0.3 is 9.30 Å². The molecular weight excluding hydrogens is 436 g/mol. The van der Waals surface area contributed by atoms with Crippen LogP contribution < -0.4 is 0 Å². The van der Waals surface area contributed by atoms with Crippen LogP contribution >= 0.6 is 11.8 Å². The standard InChI is InChI=1S/C26H30N2O4S/c1-4-32-25(30)20-11-8-12-22(14-20)28-17(2)13-21(18(28)3)15-23-24(29)27(26(31)33-23)16-19-9-6-5-7-10-19/h8,11-15,19H,4-7,9-10,16H2,1-3H3/b23-15+. The number of ether oxygens (including phenoxy) is 1. The third kappa shape index (κ3) is 4.93. The number of amides is 2. The van der Waals surface area contributed by atoms with Gasteiger partial charge in [-0.2, -0.15) is 0 Å². The van der Waals surface area contributed by atoms with E-state index in [2.05, 4.69) is 0 Å². The zero-order valence-electron chi connectivity index (χ0n) is 19.4. The van der Waals surface area contributed by atoms with Crippen molar-refractivity contribution < 1.29 is 19.1 Å². The van der Waals surface area contributed by atoms with Crippen molar-refractivity contribution >= 4 is 35.0 Å². The molecule has 6 nitrogen and oxygen atoms in total. The molecule has 2 aliphatic rings. The van der Waals surface area contributed by atoms with Gasteiger partial charge in [0.2, 0.25) is 0 Å². The summed E-state index contributed by atoms with van der Waals surface area (Å²) in [6.07, 6.45) is 7.61. The monoisotopic (exact) mass is 466 g/mol. The second-order valence-electron chi connectivity index (χ2n) is 8.73. The zero-order chi connectivity index (χ0) is 23.5. The first-order valence-electron chi connectivity index (χ1n) is 11.6. The van der Waals surface area contributed by atoms with E-state index in [0.717, 1.165) is 47.2 Å². The molecule has 0 bridgehead atoms. The summed E-state index contributed by atoms with van der Waals surface area (Å²) in [5.74, 6) is -0.123. The average Bonchev–Trinajstić information content (AvgIpc) is 3.24. The molecule has 2 amide bonds. The molecule has 1 saturated heterocycles. The molecule has 1 aromatic heterocycles. The number of hydrogen-bond acceptors (Lipinski definition) is 5. The molecule has 0 atom stereocenters. The van der Waals surface area contributed by atoms with Crippen molar-refractivity contribution in [2.75, 3.05) is 13.2 Å². The van der Waals surface area contributed by atoms with Crippen LogP contribution in [0.4, 0.5) is 4.79 Å². The topological polar surface area (TPSA) is 68.6 Å². The minimum atomic E-state index is -0.353. The van der Waals surface area contributed by atoms with Crippen LogP contribution in [0.15, 0.2) is 35.2 Å². The highest BCUT2D eigenvalue weighted by Gasteiger charge is 2.36. The quantitative estimate of drug-likeness (QED) is 0.392. The largest absolute Gasteiger partial charge is 0.462 e. The van der Waals surface area contributed by atoms with Gasteiger partial charge >= 0.3 is 5.97 Å².